The van der Waals surface area contributed by atoms with Gasteiger partial charge in [-0.2, -0.15) is 0 Å². The van der Waals surface area contributed by atoms with E-state index in [2.05, 4.69) is 79.6 Å². The number of aromatic nitrogens is 4. The van der Waals surface area contributed by atoms with Crippen LogP contribution < -0.4 is 0 Å². The second-order valence-electron chi connectivity index (χ2n) is 11.7. The van der Waals surface area contributed by atoms with E-state index in [1.54, 1.807) is 92.1 Å². The molecule has 0 amide bonds. The number of aromatic hydroxyl groups is 2. The number of para-hydroxylation sites is 2. The Hall–Kier alpha value is -4.67. The van der Waals surface area contributed by atoms with Crippen LogP contribution in [-0.2, 0) is 39.8 Å². The fraction of sp³-hybridized carbons (Fsp3) is 0.0435. The minimum Gasteiger partial charge on any atom is 0 e. The molecule has 0 fully saturated rings. The standard InChI is InChI=1S/2C17H13N2.2C6H5ClO.ClH.2Pt/c2*1-13-10-14(16-6-2-4-8-18-16)12-15(11-13)17-7-3-5-9-19-17;2*7-5-3-1-2-4-6(5)8;;;/h2*2-11H,1H3;2*1-4,8H;1H;;/q2*-1;;;;;+2/p-1. The smallest absolute Gasteiger partial charge is 0 e. The molecular weight excluding hydrogens is 1140 g/mol. The summed E-state index contributed by atoms with van der Waals surface area (Å²) in [6, 6.07) is 52.1. The van der Waals surface area contributed by atoms with E-state index in [0.29, 0.717) is 10.0 Å². The second kappa shape index (κ2) is 25.6. The van der Waals surface area contributed by atoms with E-state index < -0.39 is 0 Å². The molecule has 11 heteroatoms. The van der Waals surface area contributed by atoms with Crippen LogP contribution in [-0.4, -0.2) is 30.1 Å². The van der Waals surface area contributed by atoms with Crippen molar-refractivity contribution in [2.24, 2.45) is 0 Å². The molecule has 4 aromatic carbocycles. The van der Waals surface area contributed by atoms with Crippen molar-refractivity contribution in [1.29, 1.82) is 0 Å². The first-order chi connectivity index (χ1) is 27.3. The van der Waals surface area contributed by atoms with E-state index in [9.17, 15) is 0 Å². The van der Waals surface area contributed by atoms with Gasteiger partial charge in [0.2, 0.25) is 0 Å². The van der Waals surface area contributed by atoms with Gasteiger partial charge in [0.05, 0.1) is 10.0 Å². The fourth-order valence-corrected chi connectivity index (χ4v) is 5.24. The molecule has 0 aliphatic carbocycles. The molecule has 0 saturated heterocycles. The number of rotatable bonds is 4. The van der Waals surface area contributed by atoms with Gasteiger partial charge in [0.25, 0.3) is 0 Å². The summed E-state index contributed by atoms with van der Waals surface area (Å²) < 4.78 is 0. The second-order valence-corrected chi connectivity index (χ2v) is 12.5. The summed E-state index contributed by atoms with van der Waals surface area (Å²) in [4.78, 5) is 17.5. The molecule has 0 atom stereocenters. The summed E-state index contributed by atoms with van der Waals surface area (Å²) in [5, 5.41) is 18.4. The number of halogens is 3. The molecule has 4 heterocycles. The van der Waals surface area contributed by atoms with E-state index in [1.165, 1.54) is 11.1 Å². The minimum atomic E-state index is 0. The quantitative estimate of drug-likeness (QED) is 0.171. The number of pyridine rings is 4. The van der Waals surface area contributed by atoms with Gasteiger partial charge < -0.3 is 10.2 Å². The molecule has 4 aromatic heterocycles. The molecule has 57 heavy (non-hydrogen) atoms. The molecule has 0 saturated carbocycles. The van der Waals surface area contributed by atoms with E-state index >= 15 is 0 Å². The maximum atomic E-state index is 8.79. The molecule has 0 aliphatic heterocycles. The Morgan fingerprint density at radius 3 is 0.860 bits per heavy atom. The predicted molar refractivity (Wildman–Crippen MR) is 225 cm³/mol. The number of phenolic OH excluding ortho intramolecular Hbond substituents is 2. The van der Waals surface area contributed by atoms with Crippen LogP contribution in [0.1, 0.15) is 11.1 Å². The first kappa shape index (κ1) is 46.7. The van der Waals surface area contributed by atoms with Crippen molar-refractivity contribution in [2.75, 3.05) is 0 Å². The van der Waals surface area contributed by atoms with Crippen LogP contribution in [0.25, 0.3) is 45.0 Å². The molecule has 0 bridgehead atoms. The largest absolute Gasteiger partial charge is 0 e. The molecular formula is C46H36Cl3N4O2Pt2-. The zero-order chi connectivity index (χ0) is 40.1. The van der Waals surface area contributed by atoms with Crippen molar-refractivity contribution in [3.8, 4) is 56.5 Å². The molecule has 8 rings (SSSR count). The summed E-state index contributed by atoms with van der Waals surface area (Å²) in [6.07, 6.45) is 7.19. The van der Waals surface area contributed by atoms with E-state index in [-0.39, 0.29) is 32.6 Å². The van der Waals surface area contributed by atoms with Crippen molar-refractivity contribution in [3.63, 3.8) is 0 Å². The van der Waals surface area contributed by atoms with Gasteiger partial charge in [-0.3, -0.25) is 19.9 Å². The summed E-state index contributed by atoms with van der Waals surface area (Å²) in [7, 11) is 4.61. The van der Waals surface area contributed by atoms with Crippen molar-refractivity contribution < 1.29 is 50.1 Å². The van der Waals surface area contributed by atoms with Crippen LogP contribution in [0, 0.1) is 26.0 Å². The molecule has 0 aliphatic rings. The van der Waals surface area contributed by atoms with Crippen LogP contribution in [0.2, 0.25) is 10.0 Å². The maximum absolute atomic E-state index is 8.79. The van der Waals surface area contributed by atoms with Crippen molar-refractivity contribution in [2.45, 2.75) is 13.8 Å². The predicted octanol–water partition coefficient (Wildman–Crippen LogP) is 12.6. The number of hydrogen-bond donors (Lipinski definition) is 2. The van der Waals surface area contributed by atoms with Crippen LogP contribution in [0.15, 0.2) is 170 Å². The van der Waals surface area contributed by atoms with Crippen molar-refractivity contribution >= 4 is 32.6 Å². The molecule has 0 spiro atoms. The number of aryl methyl sites for hydroxylation is 2. The third-order valence-corrected chi connectivity index (χ3v) is 8.13. The molecule has 294 valence electrons. The van der Waals surface area contributed by atoms with Gasteiger partial charge in [-0.1, -0.05) is 132 Å². The Labute approximate surface area is 373 Å². The van der Waals surface area contributed by atoms with Gasteiger partial charge in [0.15, 0.2) is 0 Å². The molecule has 6 nitrogen and oxygen atoms in total. The fourth-order valence-electron chi connectivity index (χ4n) is 4.97. The van der Waals surface area contributed by atoms with Crippen molar-refractivity contribution in [3.05, 3.63) is 204 Å². The first-order valence-electron chi connectivity index (χ1n) is 17.0. The number of benzene rings is 4. The molecule has 8 aromatic rings. The Morgan fingerprint density at radius 2 is 0.667 bits per heavy atom. The van der Waals surface area contributed by atoms with E-state index in [4.69, 9.17) is 33.4 Å². The zero-order valence-corrected chi connectivity index (χ0v) is 37.4. The SMILES string of the molecule is Cc1cc(-c2ccccn2)[c-]c(-c2ccccn2)c1.Cc1cc(-c2ccccn2)[c-]c(-c2ccccn2)c1.Oc1ccccc1Cl.Oc1ccccc1Cl.[Cl][Pt+].[Pt]. The Morgan fingerprint density at radius 1 is 0.421 bits per heavy atom. The van der Waals surface area contributed by atoms with Gasteiger partial charge in [0, 0.05) is 68.6 Å². The Bertz CT molecular complexity index is 2040. The molecule has 0 unspecified atom stereocenters. The normalized spacial score (nSPS) is 9.60. The Balaban J connectivity index is 0.000000214. The monoisotopic (exact) mass is 1170 g/mol. The number of hydrogen-bond acceptors (Lipinski definition) is 6. The van der Waals surface area contributed by atoms with E-state index in [0.717, 1.165) is 45.0 Å². The average Bonchev–Trinajstić information content (AvgIpc) is 3.25. The summed E-state index contributed by atoms with van der Waals surface area (Å²) >= 11 is 12.5. The van der Waals surface area contributed by atoms with Crippen LogP contribution in [0.4, 0.5) is 0 Å². The number of phenols is 2. The third kappa shape index (κ3) is 15.7. The topological polar surface area (TPSA) is 92.0 Å². The summed E-state index contributed by atoms with van der Waals surface area (Å²) in [5.41, 5.74) is 10.1. The van der Waals surface area contributed by atoms with Gasteiger partial charge in [-0.05, 0) is 48.5 Å². The summed E-state index contributed by atoms with van der Waals surface area (Å²) in [5.74, 6) is 0.267. The van der Waals surface area contributed by atoms with Crippen molar-refractivity contribution in [1.82, 2.24) is 19.9 Å². The maximum Gasteiger partial charge on any atom is 0 e. The van der Waals surface area contributed by atoms with Gasteiger partial charge in [0.1, 0.15) is 11.5 Å². The van der Waals surface area contributed by atoms with Gasteiger partial charge in [-0.25, -0.2) is 0 Å². The first-order valence-corrected chi connectivity index (χ1v) is 20.6. The van der Waals surface area contributed by atoms with Crippen LogP contribution in [0.3, 0.4) is 0 Å². The average molecular weight is 1170 g/mol. The van der Waals surface area contributed by atoms with Crippen LogP contribution in [0.5, 0.6) is 11.5 Å². The molecule has 2 N–H and O–H groups in total. The third-order valence-electron chi connectivity index (χ3n) is 7.49. The van der Waals surface area contributed by atoms with Crippen LogP contribution >= 0.6 is 32.6 Å². The van der Waals surface area contributed by atoms with Gasteiger partial charge >= 0.3 is 28.2 Å². The minimum absolute atomic E-state index is 0. The Kier molecular flexibility index (Phi) is 20.9. The van der Waals surface area contributed by atoms with E-state index in [1.807, 2.05) is 72.8 Å². The number of nitrogens with zero attached hydrogens (tertiary/aromatic N) is 4. The molecule has 0 radical (unpaired) electrons. The van der Waals surface area contributed by atoms with Gasteiger partial charge in [-0.15, -0.1) is 47.5 Å². The summed E-state index contributed by atoms with van der Waals surface area (Å²) in [6.45, 7) is 4.15. The zero-order valence-electron chi connectivity index (χ0n) is 30.6.